The molecule has 1 aromatic heterocycles. The minimum atomic E-state index is -0.167. The van der Waals surface area contributed by atoms with Crippen molar-refractivity contribution in [3.8, 4) is 27.8 Å². The highest BCUT2D eigenvalue weighted by Gasteiger charge is 2.14. The summed E-state index contributed by atoms with van der Waals surface area (Å²) in [6.45, 7) is 3.23. The third-order valence-corrected chi connectivity index (χ3v) is 5.72. The van der Waals surface area contributed by atoms with Crippen LogP contribution in [0.4, 0.5) is 5.69 Å². The van der Waals surface area contributed by atoms with E-state index in [1.165, 1.54) is 0 Å². The monoisotopic (exact) mass is 475 g/mol. The second-order valence-corrected chi connectivity index (χ2v) is 8.30. The van der Waals surface area contributed by atoms with Crippen LogP contribution in [0.1, 0.15) is 12.6 Å². The standard InChI is InChI=1S/C23H26ClN3O4S/c1-5-31-20-8-6-15(10-21(20)30-4)23-25-17(14-32-23)12-27(2)13-22(28)26-18-11-16(24)7-9-19(18)29-3/h6-11,14H,5,12-13H2,1-4H3,(H,26,28). The van der Waals surface area contributed by atoms with E-state index in [1.807, 2.05) is 42.5 Å². The lowest BCUT2D eigenvalue weighted by Crippen LogP contribution is -2.30. The van der Waals surface area contributed by atoms with Gasteiger partial charge in [-0.15, -0.1) is 11.3 Å². The fourth-order valence-electron chi connectivity index (χ4n) is 3.13. The van der Waals surface area contributed by atoms with E-state index in [4.69, 9.17) is 30.8 Å². The van der Waals surface area contributed by atoms with Crippen LogP contribution in [0, 0.1) is 0 Å². The molecule has 1 heterocycles. The van der Waals surface area contributed by atoms with Crippen LogP contribution in [0.15, 0.2) is 41.8 Å². The number of anilines is 1. The maximum absolute atomic E-state index is 12.5. The summed E-state index contributed by atoms with van der Waals surface area (Å²) in [7, 11) is 5.03. The minimum Gasteiger partial charge on any atom is -0.495 e. The Hall–Kier alpha value is -2.81. The van der Waals surface area contributed by atoms with Crippen LogP contribution in [0.25, 0.3) is 10.6 Å². The molecule has 9 heteroatoms. The molecule has 0 fully saturated rings. The van der Waals surface area contributed by atoms with E-state index < -0.39 is 0 Å². The molecule has 0 aliphatic rings. The van der Waals surface area contributed by atoms with E-state index in [2.05, 4.69) is 5.32 Å². The Morgan fingerprint density at radius 3 is 2.59 bits per heavy atom. The fraction of sp³-hybridized carbons (Fsp3) is 0.304. The number of carbonyl (C=O) groups is 1. The van der Waals surface area contributed by atoms with Gasteiger partial charge in [-0.05, 0) is 50.4 Å². The molecule has 170 valence electrons. The van der Waals surface area contributed by atoms with E-state index in [1.54, 1.807) is 43.8 Å². The van der Waals surface area contributed by atoms with Gasteiger partial charge < -0.3 is 19.5 Å². The first kappa shape index (κ1) is 23.8. The highest BCUT2D eigenvalue weighted by Crippen LogP contribution is 2.34. The molecule has 0 unspecified atom stereocenters. The van der Waals surface area contributed by atoms with Crippen molar-refractivity contribution in [2.75, 3.05) is 39.7 Å². The number of ether oxygens (including phenoxy) is 3. The van der Waals surface area contributed by atoms with Crippen molar-refractivity contribution < 1.29 is 19.0 Å². The summed E-state index contributed by atoms with van der Waals surface area (Å²) in [5.74, 6) is 1.77. The van der Waals surface area contributed by atoms with Crippen LogP contribution in [-0.4, -0.2) is 50.2 Å². The summed E-state index contributed by atoms with van der Waals surface area (Å²) in [5, 5.41) is 6.24. The maximum atomic E-state index is 12.5. The fourth-order valence-corrected chi connectivity index (χ4v) is 4.11. The van der Waals surface area contributed by atoms with Gasteiger partial charge in [0.1, 0.15) is 10.8 Å². The van der Waals surface area contributed by atoms with Crippen LogP contribution in [0.2, 0.25) is 5.02 Å². The van der Waals surface area contributed by atoms with Crippen LogP contribution in [0.5, 0.6) is 17.2 Å². The molecule has 0 saturated heterocycles. The number of amides is 1. The zero-order valence-corrected chi connectivity index (χ0v) is 20.0. The smallest absolute Gasteiger partial charge is 0.238 e. The third kappa shape index (κ3) is 6.12. The lowest BCUT2D eigenvalue weighted by atomic mass is 10.2. The average Bonchev–Trinajstić information content (AvgIpc) is 3.22. The molecule has 7 nitrogen and oxygen atoms in total. The van der Waals surface area contributed by atoms with Crippen LogP contribution in [0.3, 0.4) is 0 Å². The van der Waals surface area contributed by atoms with Gasteiger partial charge in [0.25, 0.3) is 0 Å². The van der Waals surface area contributed by atoms with Gasteiger partial charge in [0.15, 0.2) is 11.5 Å². The summed E-state index contributed by atoms with van der Waals surface area (Å²) < 4.78 is 16.3. The molecule has 0 bridgehead atoms. The number of thiazole rings is 1. The van der Waals surface area contributed by atoms with Gasteiger partial charge in [-0.3, -0.25) is 9.69 Å². The summed E-state index contributed by atoms with van der Waals surface area (Å²) in [4.78, 5) is 19.1. The van der Waals surface area contributed by atoms with Gasteiger partial charge in [-0.2, -0.15) is 0 Å². The molecule has 0 saturated carbocycles. The van der Waals surface area contributed by atoms with Gasteiger partial charge in [0, 0.05) is 22.5 Å². The highest BCUT2D eigenvalue weighted by molar-refractivity contribution is 7.13. The van der Waals surface area contributed by atoms with Crippen LogP contribution < -0.4 is 19.5 Å². The molecule has 2 aromatic carbocycles. The van der Waals surface area contributed by atoms with E-state index >= 15 is 0 Å². The van der Waals surface area contributed by atoms with Crippen molar-refractivity contribution >= 4 is 34.5 Å². The molecule has 0 spiro atoms. The molecule has 0 aliphatic heterocycles. The lowest BCUT2D eigenvalue weighted by Gasteiger charge is -2.16. The Morgan fingerprint density at radius 2 is 1.88 bits per heavy atom. The lowest BCUT2D eigenvalue weighted by molar-refractivity contribution is -0.117. The molecule has 32 heavy (non-hydrogen) atoms. The first-order valence-electron chi connectivity index (χ1n) is 10.0. The Balaban J connectivity index is 1.62. The number of carbonyl (C=O) groups excluding carboxylic acids is 1. The number of nitrogens with one attached hydrogen (secondary N) is 1. The number of nitrogens with zero attached hydrogens (tertiary/aromatic N) is 2. The number of hydrogen-bond donors (Lipinski definition) is 1. The van der Waals surface area contributed by atoms with Crippen molar-refractivity contribution in [2.24, 2.45) is 0 Å². The van der Waals surface area contributed by atoms with E-state index in [9.17, 15) is 4.79 Å². The zero-order valence-electron chi connectivity index (χ0n) is 18.5. The van der Waals surface area contributed by atoms with E-state index in [0.29, 0.717) is 41.1 Å². The molecule has 3 rings (SSSR count). The minimum absolute atomic E-state index is 0.167. The second kappa shape index (κ2) is 11.2. The number of benzene rings is 2. The first-order valence-corrected chi connectivity index (χ1v) is 11.3. The van der Waals surface area contributed by atoms with Gasteiger partial charge in [-0.1, -0.05) is 11.6 Å². The van der Waals surface area contributed by atoms with Gasteiger partial charge in [-0.25, -0.2) is 4.98 Å². The number of halogens is 1. The second-order valence-electron chi connectivity index (χ2n) is 7.01. The summed E-state index contributed by atoms with van der Waals surface area (Å²) in [6, 6.07) is 10.9. The predicted octanol–water partition coefficient (Wildman–Crippen LogP) is 4.95. The van der Waals surface area contributed by atoms with Crippen molar-refractivity contribution in [3.05, 3.63) is 52.5 Å². The van der Waals surface area contributed by atoms with E-state index in [-0.39, 0.29) is 12.5 Å². The SMILES string of the molecule is CCOc1ccc(-c2nc(CN(C)CC(=O)Nc3cc(Cl)ccc3OC)cs2)cc1OC. The predicted molar refractivity (Wildman–Crippen MR) is 128 cm³/mol. The topological polar surface area (TPSA) is 72.9 Å². The van der Waals surface area contributed by atoms with Crippen LogP contribution in [-0.2, 0) is 11.3 Å². The summed E-state index contributed by atoms with van der Waals surface area (Å²) in [5.41, 5.74) is 2.38. The number of aromatic nitrogens is 1. The Labute approximate surface area is 196 Å². The summed E-state index contributed by atoms with van der Waals surface area (Å²) in [6.07, 6.45) is 0. The van der Waals surface area contributed by atoms with Crippen molar-refractivity contribution in [2.45, 2.75) is 13.5 Å². The Bertz CT molecular complexity index is 1070. The average molecular weight is 476 g/mol. The third-order valence-electron chi connectivity index (χ3n) is 4.54. The Morgan fingerprint density at radius 1 is 1.12 bits per heavy atom. The number of hydrogen-bond acceptors (Lipinski definition) is 7. The van der Waals surface area contributed by atoms with Crippen molar-refractivity contribution in [3.63, 3.8) is 0 Å². The van der Waals surface area contributed by atoms with Crippen molar-refractivity contribution in [1.82, 2.24) is 9.88 Å². The van der Waals surface area contributed by atoms with E-state index in [0.717, 1.165) is 16.3 Å². The maximum Gasteiger partial charge on any atom is 0.238 e. The number of likely N-dealkylation sites (N-methyl/N-ethyl adjacent to an activating group) is 1. The largest absolute Gasteiger partial charge is 0.495 e. The van der Waals surface area contributed by atoms with Gasteiger partial charge in [0.2, 0.25) is 5.91 Å². The Kier molecular flexibility index (Phi) is 8.33. The quantitative estimate of drug-likeness (QED) is 0.447. The molecule has 0 radical (unpaired) electrons. The normalized spacial score (nSPS) is 10.8. The van der Waals surface area contributed by atoms with Gasteiger partial charge >= 0.3 is 0 Å². The molecule has 1 amide bonds. The zero-order chi connectivity index (χ0) is 23.1. The molecule has 3 aromatic rings. The molecule has 0 atom stereocenters. The van der Waals surface area contributed by atoms with Crippen LogP contribution >= 0.6 is 22.9 Å². The number of methoxy groups -OCH3 is 2. The molecule has 0 aliphatic carbocycles. The summed E-state index contributed by atoms with van der Waals surface area (Å²) >= 11 is 7.57. The van der Waals surface area contributed by atoms with Gasteiger partial charge in [0.05, 0.1) is 38.8 Å². The molecule has 1 N–H and O–H groups in total. The number of rotatable bonds is 10. The molecular formula is C23H26ClN3O4S. The van der Waals surface area contributed by atoms with Crippen molar-refractivity contribution in [1.29, 1.82) is 0 Å². The first-order chi connectivity index (χ1) is 15.4. The highest BCUT2D eigenvalue weighted by atomic mass is 35.5. The molecular weight excluding hydrogens is 450 g/mol.